The van der Waals surface area contributed by atoms with Crippen molar-refractivity contribution in [1.82, 2.24) is 9.36 Å². The summed E-state index contributed by atoms with van der Waals surface area (Å²) in [6, 6.07) is 3.82. The van der Waals surface area contributed by atoms with Gasteiger partial charge in [-0.05, 0) is 18.2 Å². The average Bonchev–Trinajstić information content (AvgIpc) is 3.07. The van der Waals surface area contributed by atoms with E-state index in [0.29, 0.717) is 17.9 Å². The fourth-order valence-corrected chi connectivity index (χ4v) is 3.27. The second-order valence-electron chi connectivity index (χ2n) is 5.48. The van der Waals surface area contributed by atoms with Gasteiger partial charge in [0, 0.05) is 37.7 Å². The molecule has 2 aromatic rings. The maximum absolute atomic E-state index is 13.1. The molecule has 160 valence electrons. The molecule has 1 unspecified atom stereocenters. The largest absolute Gasteiger partial charge is 0.504 e. The third-order valence-corrected chi connectivity index (χ3v) is 5.27. The van der Waals surface area contributed by atoms with Crippen LogP contribution in [-0.2, 0) is 20.6 Å². The van der Waals surface area contributed by atoms with Crippen LogP contribution in [0.25, 0.3) is 0 Å². The van der Waals surface area contributed by atoms with E-state index in [1.54, 1.807) is 14.1 Å². The highest BCUT2D eigenvalue weighted by atomic mass is 32.2. The minimum Gasteiger partial charge on any atom is -0.378 e. The predicted octanol–water partition coefficient (Wildman–Crippen LogP) is 5.36. The summed E-state index contributed by atoms with van der Waals surface area (Å²) < 4.78 is 86.6. The van der Waals surface area contributed by atoms with E-state index in [1.807, 2.05) is 6.92 Å². The number of hydrogen-bond acceptors (Lipinski definition) is 9. The van der Waals surface area contributed by atoms with Crippen molar-refractivity contribution in [2.45, 2.75) is 25.5 Å². The van der Waals surface area contributed by atoms with E-state index in [0.717, 1.165) is 17.6 Å². The van der Waals surface area contributed by atoms with Gasteiger partial charge in [-0.25, -0.2) is 13.4 Å². The van der Waals surface area contributed by atoms with Crippen molar-refractivity contribution >= 4 is 43.7 Å². The Labute approximate surface area is 167 Å². The van der Waals surface area contributed by atoms with Gasteiger partial charge in [0.25, 0.3) is 10.0 Å². The fraction of sp³-hybridized carbons (Fsp3) is 0.429. The number of benzene rings is 1. The summed E-state index contributed by atoms with van der Waals surface area (Å²) >= 11 is 0.912. The highest BCUT2D eigenvalue weighted by Crippen LogP contribution is 2.38. The van der Waals surface area contributed by atoms with E-state index in [-0.39, 0.29) is 10.8 Å². The SMILES string of the molecule is CCc1nsc(N=Nc2ccc(N(C)C)cc2N=S(=O)(OC(F)F)C(F)(F)F)n1. The first-order valence-electron chi connectivity index (χ1n) is 7.80. The number of rotatable bonds is 7. The van der Waals surface area contributed by atoms with Gasteiger partial charge in [-0.2, -0.15) is 30.7 Å². The van der Waals surface area contributed by atoms with Crippen LogP contribution in [0.15, 0.2) is 32.8 Å². The zero-order valence-electron chi connectivity index (χ0n) is 15.2. The molecular formula is C14H15F5N6O2S2. The number of halogens is 5. The molecule has 0 aliphatic carbocycles. The van der Waals surface area contributed by atoms with Crippen molar-refractivity contribution in [3.05, 3.63) is 24.0 Å². The molecule has 0 bridgehead atoms. The Morgan fingerprint density at radius 3 is 2.45 bits per heavy atom. The van der Waals surface area contributed by atoms with Gasteiger partial charge in [-0.1, -0.05) is 6.92 Å². The minimum atomic E-state index is -5.78. The first kappa shape index (κ1) is 23.0. The van der Waals surface area contributed by atoms with E-state index in [9.17, 15) is 26.2 Å². The zero-order valence-corrected chi connectivity index (χ0v) is 16.9. The lowest BCUT2D eigenvalue weighted by atomic mass is 10.2. The molecule has 0 aliphatic heterocycles. The predicted molar refractivity (Wildman–Crippen MR) is 97.6 cm³/mol. The number of nitrogens with zero attached hydrogens (tertiary/aromatic N) is 6. The molecule has 1 heterocycles. The molecule has 1 aromatic carbocycles. The topological polar surface area (TPSA) is 92.4 Å². The summed E-state index contributed by atoms with van der Waals surface area (Å²) in [4.78, 5) is 5.54. The van der Waals surface area contributed by atoms with Crippen LogP contribution in [-0.4, -0.2) is 39.8 Å². The highest BCUT2D eigenvalue weighted by molar-refractivity contribution is 7.90. The lowest BCUT2D eigenvalue weighted by Gasteiger charge is -2.16. The number of aromatic nitrogens is 2. The monoisotopic (exact) mass is 458 g/mol. The summed E-state index contributed by atoms with van der Waals surface area (Å²) in [7, 11) is -2.60. The number of azo groups is 1. The molecule has 8 nitrogen and oxygen atoms in total. The maximum atomic E-state index is 13.1. The Kier molecular flexibility index (Phi) is 7.18. The Morgan fingerprint density at radius 1 is 1.24 bits per heavy atom. The van der Waals surface area contributed by atoms with Gasteiger partial charge in [0.15, 0.2) is 0 Å². The lowest BCUT2D eigenvalue weighted by Crippen LogP contribution is -2.27. The Balaban J connectivity index is 2.60. The number of anilines is 1. The van der Waals surface area contributed by atoms with Gasteiger partial charge in [-0.15, -0.1) is 10.2 Å². The van der Waals surface area contributed by atoms with Crippen molar-refractivity contribution in [2.24, 2.45) is 14.6 Å². The minimum absolute atomic E-state index is 0.130. The Morgan fingerprint density at radius 2 is 1.93 bits per heavy atom. The van der Waals surface area contributed by atoms with Crippen molar-refractivity contribution in [2.75, 3.05) is 19.0 Å². The molecule has 0 saturated heterocycles. The van der Waals surface area contributed by atoms with Crippen LogP contribution < -0.4 is 4.90 Å². The quantitative estimate of drug-likeness (QED) is 0.412. The number of alkyl halides is 5. The molecule has 29 heavy (non-hydrogen) atoms. The third kappa shape index (κ3) is 5.86. The molecule has 0 saturated carbocycles. The molecule has 15 heteroatoms. The Hall–Kier alpha value is -2.26. The molecule has 0 fully saturated rings. The second kappa shape index (κ2) is 9.04. The molecule has 0 spiro atoms. The average molecular weight is 458 g/mol. The van der Waals surface area contributed by atoms with Crippen LogP contribution in [0.5, 0.6) is 0 Å². The van der Waals surface area contributed by atoms with Gasteiger partial charge in [-0.3, -0.25) is 0 Å². The van der Waals surface area contributed by atoms with E-state index >= 15 is 0 Å². The van der Waals surface area contributed by atoms with Crippen molar-refractivity contribution in [3.63, 3.8) is 0 Å². The molecule has 2 rings (SSSR count). The maximum Gasteiger partial charge on any atom is 0.504 e. The van der Waals surface area contributed by atoms with Crippen molar-refractivity contribution < 1.29 is 30.3 Å². The second-order valence-corrected chi connectivity index (χ2v) is 8.00. The molecule has 1 atom stereocenters. The van der Waals surface area contributed by atoms with E-state index in [2.05, 4.69) is 28.1 Å². The van der Waals surface area contributed by atoms with Crippen LogP contribution in [0.4, 0.5) is 44.1 Å². The van der Waals surface area contributed by atoms with Gasteiger partial charge >= 0.3 is 12.1 Å². The summed E-state index contributed by atoms with van der Waals surface area (Å²) in [5.41, 5.74) is -6.16. The first-order chi connectivity index (χ1) is 13.4. The van der Waals surface area contributed by atoms with Gasteiger partial charge < -0.3 is 4.90 Å². The molecule has 0 radical (unpaired) electrons. The van der Waals surface area contributed by atoms with Crippen LogP contribution in [0.2, 0.25) is 0 Å². The summed E-state index contributed by atoms with van der Waals surface area (Å²) in [5, 5.41) is 7.65. The van der Waals surface area contributed by atoms with E-state index in [1.165, 1.54) is 17.0 Å². The van der Waals surface area contributed by atoms with Gasteiger partial charge in [0.2, 0.25) is 5.13 Å². The molecule has 1 aromatic heterocycles. The van der Waals surface area contributed by atoms with Crippen LogP contribution in [0.3, 0.4) is 0 Å². The van der Waals surface area contributed by atoms with Crippen molar-refractivity contribution in [1.29, 1.82) is 0 Å². The number of hydrogen-bond donors (Lipinski definition) is 0. The molecule has 0 aliphatic rings. The Bertz CT molecular complexity index is 999. The molecule has 0 amide bonds. The standard InChI is InChI=1S/C14H15F5N6O2S2/c1-4-11-20-13(28-23-11)22-21-9-6-5-8(25(2)3)7-10(9)24-29(26,14(17,18)19)27-12(15)16/h5-7,12H,4H2,1-3H3. The first-order valence-corrected chi connectivity index (χ1v) is 10.0. The summed E-state index contributed by atoms with van der Waals surface area (Å²) in [5.74, 6) is 0.502. The summed E-state index contributed by atoms with van der Waals surface area (Å²) in [6.45, 7) is -2.14. The summed E-state index contributed by atoms with van der Waals surface area (Å²) in [6.07, 6.45) is 0.544. The fourth-order valence-electron chi connectivity index (χ4n) is 1.83. The van der Waals surface area contributed by atoms with E-state index < -0.39 is 27.8 Å². The van der Waals surface area contributed by atoms with Crippen LogP contribution >= 0.6 is 11.5 Å². The highest BCUT2D eigenvalue weighted by Gasteiger charge is 2.47. The normalized spacial score (nSPS) is 14.4. The molecular weight excluding hydrogens is 443 g/mol. The van der Waals surface area contributed by atoms with Crippen LogP contribution in [0, 0.1) is 0 Å². The van der Waals surface area contributed by atoms with Gasteiger partial charge in [0.05, 0.1) is 0 Å². The number of aryl methyl sites for hydroxylation is 1. The van der Waals surface area contributed by atoms with Gasteiger partial charge in [0.1, 0.15) is 17.2 Å². The van der Waals surface area contributed by atoms with E-state index in [4.69, 9.17) is 0 Å². The van der Waals surface area contributed by atoms with Crippen LogP contribution in [0.1, 0.15) is 12.7 Å². The molecule has 0 N–H and O–H groups in total. The van der Waals surface area contributed by atoms with Crippen molar-refractivity contribution in [3.8, 4) is 0 Å². The zero-order chi connectivity index (χ0) is 21.8. The lowest BCUT2D eigenvalue weighted by molar-refractivity contribution is -0.0856. The third-order valence-electron chi connectivity index (χ3n) is 3.21. The smallest absolute Gasteiger partial charge is 0.378 e.